The number of rotatable bonds is 5. The molecule has 2 atom stereocenters. The first-order valence-electron chi connectivity index (χ1n) is 8.18. The van der Waals surface area contributed by atoms with E-state index in [-0.39, 0.29) is 23.8 Å². The number of amides is 2. The molecule has 6 nitrogen and oxygen atoms in total. The molecule has 2 amide bonds. The number of likely N-dealkylation sites (tertiary alicyclic amines) is 1. The normalized spacial score (nSPS) is 18.7. The van der Waals surface area contributed by atoms with Crippen LogP contribution >= 0.6 is 0 Å². The first-order valence-corrected chi connectivity index (χ1v) is 8.18. The predicted molar refractivity (Wildman–Crippen MR) is 87.0 cm³/mol. The van der Waals surface area contributed by atoms with Gasteiger partial charge in [0.05, 0.1) is 5.69 Å². The van der Waals surface area contributed by atoms with Crippen LogP contribution in [0.5, 0.6) is 0 Å². The van der Waals surface area contributed by atoms with E-state index in [0.29, 0.717) is 18.7 Å². The van der Waals surface area contributed by atoms with E-state index >= 15 is 0 Å². The zero-order valence-electron chi connectivity index (χ0n) is 14.3. The van der Waals surface area contributed by atoms with E-state index in [1.807, 2.05) is 0 Å². The van der Waals surface area contributed by atoms with Crippen molar-refractivity contribution in [2.24, 2.45) is 5.92 Å². The summed E-state index contributed by atoms with van der Waals surface area (Å²) in [4.78, 5) is 31.2. The van der Waals surface area contributed by atoms with E-state index in [9.17, 15) is 19.1 Å². The Bertz CT molecular complexity index is 608. The van der Waals surface area contributed by atoms with E-state index in [0.717, 1.165) is 12.8 Å². The van der Waals surface area contributed by atoms with Gasteiger partial charge in [-0.1, -0.05) is 13.8 Å². The third-order valence-electron chi connectivity index (χ3n) is 4.49. The maximum atomic E-state index is 13.8. The van der Waals surface area contributed by atoms with Crippen LogP contribution in [-0.4, -0.2) is 57.6 Å². The van der Waals surface area contributed by atoms with Crippen molar-refractivity contribution in [1.29, 1.82) is 0 Å². The van der Waals surface area contributed by atoms with E-state index in [1.54, 1.807) is 18.7 Å². The molecule has 0 bridgehead atoms. The molecule has 132 valence electrons. The van der Waals surface area contributed by atoms with Crippen molar-refractivity contribution < 1.29 is 19.1 Å². The van der Waals surface area contributed by atoms with Crippen molar-refractivity contribution in [2.75, 3.05) is 13.6 Å². The lowest BCUT2D eigenvalue weighted by molar-refractivity contribution is -0.143. The highest BCUT2D eigenvalue weighted by molar-refractivity contribution is 5.83. The number of likely N-dealkylation sites (N-methyl/N-ethyl adjacent to an activating group) is 1. The molecule has 1 fully saturated rings. The van der Waals surface area contributed by atoms with Crippen molar-refractivity contribution >= 4 is 12.0 Å². The van der Waals surface area contributed by atoms with Crippen molar-refractivity contribution in [3.63, 3.8) is 0 Å². The molecule has 1 aliphatic heterocycles. The summed E-state index contributed by atoms with van der Waals surface area (Å²) in [5.74, 6) is -1.60. The number of nitrogens with zero attached hydrogens (tertiary/aromatic N) is 3. The van der Waals surface area contributed by atoms with Gasteiger partial charge in [-0.05, 0) is 30.9 Å². The first-order chi connectivity index (χ1) is 11.3. The fourth-order valence-corrected chi connectivity index (χ4v) is 3.31. The van der Waals surface area contributed by atoms with Crippen molar-refractivity contribution in [1.82, 2.24) is 14.8 Å². The number of aromatic nitrogens is 1. The average Bonchev–Trinajstić information content (AvgIpc) is 2.96. The third kappa shape index (κ3) is 3.83. The lowest BCUT2D eigenvalue weighted by Crippen LogP contribution is -2.52. The largest absolute Gasteiger partial charge is 0.480 e. The van der Waals surface area contributed by atoms with Gasteiger partial charge in [0.25, 0.3) is 0 Å². The SMILES string of the molecule is CC(C)[C@@H](C(=O)O)N(C)C(=O)N1CCCC1Cc1ncccc1F. The highest BCUT2D eigenvalue weighted by Crippen LogP contribution is 2.24. The summed E-state index contributed by atoms with van der Waals surface area (Å²) in [5, 5.41) is 9.37. The van der Waals surface area contributed by atoms with Gasteiger partial charge in [-0.15, -0.1) is 0 Å². The lowest BCUT2D eigenvalue weighted by Gasteiger charge is -2.34. The van der Waals surface area contributed by atoms with Crippen molar-refractivity contribution in [3.8, 4) is 0 Å². The van der Waals surface area contributed by atoms with Crippen LogP contribution in [0.4, 0.5) is 9.18 Å². The minimum absolute atomic E-state index is 0.161. The molecule has 1 aliphatic rings. The number of urea groups is 1. The number of aliphatic carboxylic acids is 1. The molecule has 1 saturated heterocycles. The molecule has 1 aromatic rings. The smallest absolute Gasteiger partial charge is 0.326 e. The Morgan fingerprint density at radius 3 is 2.79 bits per heavy atom. The standard InChI is InChI=1S/C17H24FN3O3/c1-11(2)15(16(22)23)20(3)17(24)21-9-5-6-12(21)10-14-13(18)7-4-8-19-14/h4,7-8,11-12,15H,5-6,9-10H2,1-3H3,(H,22,23)/t12?,15-/m0/s1. The lowest BCUT2D eigenvalue weighted by atomic mass is 10.0. The van der Waals surface area contributed by atoms with Crippen LogP contribution in [0.1, 0.15) is 32.4 Å². The van der Waals surface area contributed by atoms with E-state index in [4.69, 9.17) is 0 Å². The monoisotopic (exact) mass is 337 g/mol. The molecule has 0 aliphatic carbocycles. The Morgan fingerprint density at radius 2 is 2.21 bits per heavy atom. The molecular weight excluding hydrogens is 313 g/mol. The molecule has 0 aromatic carbocycles. The van der Waals surface area contributed by atoms with Crippen molar-refractivity contribution in [3.05, 3.63) is 29.8 Å². The molecule has 0 radical (unpaired) electrons. The fourth-order valence-electron chi connectivity index (χ4n) is 3.31. The first kappa shape index (κ1) is 18.2. The Kier molecular flexibility index (Phi) is 5.75. The van der Waals surface area contributed by atoms with Gasteiger partial charge in [-0.25, -0.2) is 14.0 Å². The van der Waals surface area contributed by atoms with Crippen LogP contribution in [0.2, 0.25) is 0 Å². The molecule has 2 rings (SSSR count). The number of carboxylic acid groups (broad SMARTS) is 1. The van der Waals surface area contributed by atoms with Crippen molar-refractivity contribution in [2.45, 2.75) is 45.2 Å². The zero-order chi connectivity index (χ0) is 17.9. The summed E-state index contributed by atoms with van der Waals surface area (Å²) in [6.45, 7) is 4.09. The van der Waals surface area contributed by atoms with Gasteiger partial charge < -0.3 is 14.9 Å². The van der Waals surface area contributed by atoms with Gasteiger partial charge >= 0.3 is 12.0 Å². The Balaban J connectivity index is 2.13. The van der Waals surface area contributed by atoms with Crippen LogP contribution in [0.25, 0.3) is 0 Å². The Hall–Kier alpha value is -2.18. The number of hydrogen-bond acceptors (Lipinski definition) is 3. The number of hydrogen-bond donors (Lipinski definition) is 1. The van der Waals surface area contributed by atoms with Gasteiger partial charge in [-0.3, -0.25) is 4.98 Å². The van der Waals surface area contributed by atoms with Crippen LogP contribution in [0, 0.1) is 11.7 Å². The highest BCUT2D eigenvalue weighted by Gasteiger charge is 2.36. The van der Waals surface area contributed by atoms with Gasteiger partial charge in [0.15, 0.2) is 0 Å². The predicted octanol–water partition coefficient (Wildman–Crippen LogP) is 2.39. The highest BCUT2D eigenvalue weighted by atomic mass is 19.1. The number of carbonyl (C=O) groups is 2. The van der Waals surface area contributed by atoms with Gasteiger partial charge in [0.1, 0.15) is 11.9 Å². The van der Waals surface area contributed by atoms with Crippen LogP contribution in [-0.2, 0) is 11.2 Å². The summed E-state index contributed by atoms with van der Waals surface area (Å²) in [7, 11) is 1.51. The number of halogens is 1. The van der Waals surface area contributed by atoms with E-state index in [1.165, 1.54) is 30.3 Å². The molecule has 0 saturated carbocycles. The molecule has 7 heteroatoms. The summed E-state index contributed by atoms with van der Waals surface area (Å²) >= 11 is 0. The van der Waals surface area contributed by atoms with Crippen LogP contribution in [0.15, 0.2) is 18.3 Å². The minimum atomic E-state index is -1.02. The second kappa shape index (κ2) is 7.59. The molecule has 1 N–H and O–H groups in total. The number of carbonyl (C=O) groups excluding carboxylic acids is 1. The quantitative estimate of drug-likeness (QED) is 0.895. The van der Waals surface area contributed by atoms with E-state index in [2.05, 4.69) is 4.98 Å². The maximum absolute atomic E-state index is 13.8. The molecule has 1 unspecified atom stereocenters. The maximum Gasteiger partial charge on any atom is 0.326 e. The van der Waals surface area contributed by atoms with Crippen LogP contribution in [0.3, 0.4) is 0 Å². The van der Waals surface area contributed by atoms with Gasteiger partial charge in [0, 0.05) is 32.3 Å². The van der Waals surface area contributed by atoms with Gasteiger partial charge in [-0.2, -0.15) is 0 Å². The number of carboxylic acids is 1. The molecular formula is C17H24FN3O3. The summed E-state index contributed by atoms with van der Waals surface area (Å²) in [6, 6.07) is 1.52. The molecule has 24 heavy (non-hydrogen) atoms. The molecule has 1 aromatic heterocycles. The Labute approximate surface area is 141 Å². The second-order valence-corrected chi connectivity index (χ2v) is 6.55. The summed E-state index contributed by atoms with van der Waals surface area (Å²) in [5.41, 5.74) is 0.337. The van der Waals surface area contributed by atoms with Crippen LogP contribution < -0.4 is 0 Å². The second-order valence-electron chi connectivity index (χ2n) is 6.55. The average molecular weight is 337 g/mol. The Morgan fingerprint density at radius 1 is 1.50 bits per heavy atom. The topological polar surface area (TPSA) is 73.7 Å². The zero-order valence-corrected chi connectivity index (χ0v) is 14.3. The van der Waals surface area contributed by atoms with Gasteiger partial charge in [0.2, 0.25) is 0 Å². The third-order valence-corrected chi connectivity index (χ3v) is 4.49. The molecule has 0 spiro atoms. The minimum Gasteiger partial charge on any atom is -0.480 e. The van der Waals surface area contributed by atoms with E-state index < -0.39 is 12.0 Å². The summed E-state index contributed by atoms with van der Waals surface area (Å²) in [6.07, 6.45) is 3.45. The fraction of sp³-hybridized carbons (Fsp3) is 0.588. The summed E-state index contributed by atoms with van der Waals surface area (Å²) < 4.78 is 13.8. The number of pyridine rings is 1. The molecule has 2 heterocycles.